The maximum absolute atomic E-state index is 13.8. The molecule has 0 radical (unpaired) electrons. The van der Waals surface area contributed by atoms with Crippen LogP contribution in [-0.4, -0.2) is 36.0 Å². The summed E-state index contributed by atoms with van der Waals surface area (Å²) in [6, 6.07) is 5.24. The zero-order valence-electron chi connectivity index (χ0n) is 15.1. The number of rotatable bonds is 7. The van der Waals surface area contributed by atoms with E-state index >= 15 is 0 Å². The van der Waals surface area contributed by atoms with Crippen LogP contribution in [0.5, 0.6) is 0 Å². The third kappa shape index (κ3) is 4.35. The van der Waals surface area contributed by atoms with Gasteiger partial charge >= 0.3 is 5.22 Å². The van der Waals surface area contributed by atoms with Crippen LogP contribution in [0.4, 0.5) is 4.39 Å². The molecule has 1 saturated heterocycles. The minimum atomic E-state index is -3.98. The average Bonchev–Trinajstić information content (AvgIpc) is 3.30. The molecule has 1 aliphatic heterocycles. The highest BCUT2D eigenvalue weighted by Crippen LogP contribution is 2.32. The van der Waals surface area contributed by atoms with E-state index in [4.69, 9.17) is 4.42 Å². The van der Waals surface area contributed by atoms with Crippen LogP contribution in [0.15, 0.2) is 33.9 Å². The van der Waals surface area contributed by atoms with Crippen LogP contribution in [0.1, 0.15) is 56.5 Å². The van der Waals surface area contributed by atoms with Gasteiger partial charge in [0, 0.05) is 18.5 Å². The number of benzene rings is 1. The first-order chi connectivity index (χ1) is 12.9. The molecular weight excluding hydrogens is 373 g/mol. The second kappa shape index (κ2) is 8.16. The fraction of sp³-hybridized carbons (Fsp3) is 0.500. The Balaban J connectivity index is 1.77. The molecule has 0 aliphatic carbocycles. The van der Waals surface area contributed by atoms with Crippen molar-refractivity contribution >= 4 is 15.7 Å². The van der Waals surface area contributed by atoms with Crippen molar-refractivity contribution in [2.75, 3.05) is 6.54 Å². The van der Waals surface area contributed by atoms with Crippen LogP contribution in [0.25, 0.3) is 0 Å². The Kier molecular flexibility index (Phi) is 5.88. The molecule has 1 aliphatic rings. The molecule has 1 fully saturated rings. The molecule has 0 spiro atoms. The average molecular weight is 395 g/mol. The standard InChI is InChI=1S/C18H22FN3O4S/c1-2-3-10-16(23)22-11-6-9-15(22)17-20-21-18(26-17)27(24,25)12-13-7-4-5-8-14(13)19/h4-5,7-8,15H,2-3,6,9-12H2,1H3/t15-/m0/s1. The summed E-state index contributed by atoms with van der Waals surface area (Å²) in [7, 11) is -3.98. The van der Waals surface area contributed by atoms with Crippen LogP contribution < -0.4 is 0 Å². The first kappa shape index (κ1) is 19.5. The summed E-state index contributed by atoms with van der Waals surface area (Å²) in [6.45, 7) is 2.60. The van der Waals surface area contributed by atoms with Gasteiger partial charge in [-0.1, -0.05) is 36.6 Å². The quantitative estimate of drug-likeness (QED) is 0.715. The Bertz CT molecular complexity index is 913. The highest BCUT2D eigenvalue weighted by molar-refractivity contribution is 7.90. The molecule has 7 nitrogen and oxygen atoms in total. The maximum Gasteiger partial charge on any atom is 0.335 e. The molecule has 9 heteroatoms. The van der Waals surface area contributed by atoms with Crippen LogP contribution in [0.3, 0.4) is 0 Å². The fourth-order valence-electron chi connectivity index (χ4n) is 3.16. The van der Waals surface area contributed by atoms with Gasteiger partial charge in [0.1, 0.15) is 11.9 Å². The molecule has 27 heavy (non-hydrogen) atoms. The zero-order chi connectivity index (χ0) is 19.4. The molecular formula is C18H22FN3O4S. The van der Waals surface area contributed by atoms with E-state index in [0.717, 1.165) is 19.3 Å². The predicted molar refractivity (Wildman–Crippen MR) is 94.8 cm³/mol. The maximum atomic E-state index is 13.8. The van der Waals surface area contributed by atoms with Crippen LogP contribution in [0, 0.1) is 5.82 Å². The number of hydrogen-bond donors (Lipinski definition) is 0. The largest absolute Gasteiger partial charge is 0.410 e. The van der Waals surface area contributed by atoms with Crippen molar-refractivity contribution in [3.8, 4) is 0 Å². The molecule has 2 heterocycles. The summed E-state index contributed by atoms with van der Waals surface area (Å²) in [5.41, 5.74) is 0.0366. The van der Waals surface area contributed by atoms with Gasteiger partial charge in [-0.05, 0) is 25.3 Å². The van der Waals surface area contributed by atoms with E-state index in [9.17, 15) is 17.6 Å². The Morgan fingerprint density at radius 1 is 1.33 bits per heavy atom. The number of halogens is 1. The van der Waals surface area contributed by atoms with Gasteiger partial charge in [0.2, 0.25) is 21.6 Å². The van der Waals surface area contributed by atoms with E-state index in [0.29, 0.717) is 19.4 Å². The van der Waals surface area contributed by atoms with Gasteiger partial charge in [0.15, 0.2) is 0 Å². The lowest BCUT2D eigenvalue weighted by Crippen LogP contribution is -2.30. The highest BCUT2D eigenvalue weighted by atomic mass is 32.2. The van der Waals surface area contributed by atoms with Gasteiger partial charge in [-0.25, -0.2) is 12.8 Å². The number of nitrogens with zero attached hydrogens (tertiary/aromatic N) is 3. The first-order valence-electron chi connectivity index (χ1n) is 9.01. The SMILES string of the molecule is CCCCC(=O)N1CCC[C@H]1c1nnc(S(=O)(=O)Cc2ccccc2F)o1. The van der Waals surface area contributed by atoms with Gasteiger partial charge in [0.05, 0.1) is 5.75 Å². The third-order valence-electron chi connectivity index (χ3n) is 4.59. The number of carbonyl (C=O) groups is 1. The number of hydrogen-bond acceptors (Lipinski definition) is 6. The van der Waals surface area contributed by atoms with E-state index in [1.54, 1.807) is 11.0 Å². The Hall–Kier alpha value is -2.29. The van der Waals surface area contributed by atoms with Crippen molar-refractivity contribution < 1.29 is 22.0 Å². The third-order valence-corrected chi connectivity index (χ3v) is 5.98. The summed E-state index contributed by atoms with van der Waals surface area (Å²) in [6.07, 6.45) is 3.60. The number of unbranched alkanes of at least 4 members (excludes halogenated alkanes) is 1. The fourth-order valence-corrected chi connectivity index (χ4v) is 4.30. The Labute approximate surface area is 157 Å². The monoisotopic (exact) mass is 395 g/mol. The summed E-state index contributed by atoms with van der Waals surface area (Å²) in [5.74, 6) is -1.05. The van der Waals surface area contributed by atoms with Crippen LogP contribution in [0.2, 0.25) is 0 Å². The number of carbonyl (C=O) groups excluding carboxylic acids is 1. The van der Waals surface area contributed by atoms with Crippen LogP contribution in [-0.2, 0) is 20.4 Å². The van der Waals surface area contributed by atoms with E-state index in [-0.39, 0.29) is 17.4 Å². The molecule has 0 bridgehead atoms. The molecule has 2 aromatic rings. The van der Waals surface area contributed by atoms with Crippen molar-refractivity contribution in [3.05, 3.63) is 41.5 Å². The number of amides is 1. The summed E-state index contributed by atoms with van der Waals surface area (Å²) in [4.78, 5) is 14.0. The number of likely N-dealkylation sites (tertiary alicyclic amines) is 1. The van der Waals surface area contributed by atoms with Crippen molar-refractivity contribution in [1.82, 2.24) is 15.1 Å². The van der Waals surface area contributed by atoms with Gasteiger partial charge in [-0.2, -0.15) is 0 Å². The zero-order valence-corrected chi connectivity index (χ0v) is 15.9. The van der Waals surface area contributed by atoms with Crippen molar-refractivity contribution in [1.29, 1.82) is 0 Å². The lowest BCUT2D eigenvalue weighted by atomic mass is 10.2. The number of aromatic nitrogens is 2. The molecule has 146 valence electrons. The molecule has 1 aromatic carbocycles. The summed E-state index contributed by atoms with van der Waals surface area (Å²) in [5, 5.41) is 6.96. The second-order valence-electron chi connectivity index (χ2n) is 6.61. The van der Waals surface area contributed by atoms with Gasteiger partial charge in [0.25, 0.3) is 0 Å². The molecule has 3 rings (SSSR count). The summed E-state index contributed by atoms with van der Waals surface area (Å²) < 4.78 is 44.1. The highest BCUT2D eigenvalue weighted by Gasteiger charge is 2.35. The normalized spacial score (nSPS) is 17.4. The molecule has 0 N–H and O–H groups in total. The smallest absolute Gasteiger partial charge is 0.335 e. The minimum Gasteiger partial charge on any atom is -0.410 e. The van der Waals surface area contributed by atoms with Crippen LogP contribution >= 0.6 is 0 Å². The summed E-state index contributed by atoms with van der Waals surface area (Å²) >= 11 is 0. The van der Waals surface area contributed by atoms with Crippen molar-refractivity contribution in [2.24, 2.45) is 0 Å². The van der Waals surface area contributed by atoms with Crippen molar-refractivity contribution in [3.63, 3.8) is 0 Å². The van der Waals surface area contributed by atoms with Crippen molar-refractivity contribution in [2.45, 2.75) is 56.0 Å². The first-order valence-corrected chi connectivity index (χ1v) is 10.7. The molecule has 0 unspecified atom stereocenters. The van der Waals surface area contributed by atoms with E-state index in [1.807, 2.05) is 6.92 Å². The molecule has 1 aromatic heterocycles. The van der Waals surface area contributed by atoms with E-state index in [1.165, 1.54) is 18.2 Å². The number of sulfone groups is 1. The van der Waals surface area contributed by atoms with Gasteiger partial charge in [-0.15, -0.1) is 5.10 Å². The second-order valence-corrected chi connectivity index (χ2v) is 8.47. The predicted octanol–water partition coefficient (Wildman–Crippen LogP) is 3.04. The van der Waals surface area contributed by atoms with E-state index in [2.05, 4.69) is 10.2 Å². The van der Waals surface area contributed by atoms with E-state index < -0.39 is 32.7 Å². The molecule has 1 atom stereocenters. The Morgan fingerprint density at radius 3 is 2.85 bits per heavy atom. The molecule has 0 saturated carbocycles. The Morgan fingerprint density at radius 2 is 2.11 bits per heavy atom. The molecule has 1 amide bonds. The van der Waals surface area contributed by atoms with Gasteiger partial charge < -0.3 is 9.32 Å². The topological polar surface area (TPSA) is 93.4 Å². The van der Waals surface area contributed by atoms with Gasteiger partial charge in [-0.3, -0.25) is 4.79 Å². The minimum absolute atomic E-state index is 0.00770. The lowest BCUT2D eigenvalue weighted by Gasteiger charge is -2.21. The lowest BCUT2D eigenvalue weighted by molar-refractivity contribution is -0.132.